The average molecular weight is 535 g/mol. The number of hydrogen-bond donors (Lipinski definition) is 4. The molecule has 0 fully saturated rings. The van der Waals surface area contributed by atoms with E-state index in [-0.39, 0.29) is 18.4 Å². The lowest BCUT2D eigenvalue weighted by Gasteiger charge is -2.20. The standard InChI is InChI=1S/C29H26N8O3/c1-29(2)25-19(27(39)36-29)10-11-23(34-25)33-24-13-21(32-22(16-38)17-7-4-3-5-8-17)20(15-31-24)28-35-26(37-40-28)18-9-6-12-30-14-18/h3-15,22,38H,16H2,1-2H3,(H,36,39)(H2,31,32,33,34)/t22-/m1/s1. The lowest BCUT2D eigenvalue weighted by molar-refractivity contribution is 0.0940. The van der Waals surface area contributed by atoms with Gasteiger partial charge in [-0.1, -0.05) is 35.5 Å². The van der Waals surface area contributed by atoms with Gasteiger partial charge in [0.25, 0.3) is 11.8 Å². The number of aliphatic hydroxyl groups is 1. The van der Waals surface area contributed by atoms with Gasteiger partial charge in [-0.2, -0.15) is 4.98 Å². The number of carbonyl (C=O) groups is 1. The zero-order valence-corrected chi connectivity index (χ0v) is 21.8. The van der Waals surface area contributed by atoms with E-state index in [1.165, 1.54) is 0 Å². The van der Waals surface area contributed by atoms with E-state index >= 15 is 0 Å². The Morgan fingerprint density at radius 2 is 1.85 bits per heavy atom. The fourth-order valence-corrected chi connectivity index (χ4v) is 4.60. The second-order valence-corrected chi connectivity index (χ2v) is 9.87. The Labute approximate surface area is 229 Å². The number of nitrogens with one attached hydrogen (secondary N) is 3. The summed E-state index contributed by atoms with van der Waals surface area (Å²) < 4.78 is 5.61. The molecule has 4 N–H and O–H groups in total. The second kappa shape index (κ2) is 10.2. The number of hydrogen-bond acceptors (Lipinski definition) is 10. The summed E-state index contributed by atoms with van der Waals surface area (Å²) in [6.07, 6.45) is 4.95. The molecular formula is C29H26N8O3. The van der Waals surface area contributed by atoms with Crippen molar-refractivity contribution < 1.29 is 14.4 Å². The van der Waals surface area contributed by atoms with Crippen molar-refractivity contribution in [3.63, 3.8) is 0 Å². The molecule has 1 atom stereocenters. The smallest absolute Gasteiger partial charge is 0.261 e. The zero-order valence-electron chi connectivity index (χ0n) is 21.8. The Kier molecular flexibility index (Phi) is 6.40. The van der Waals surface area contributed by atoms with E-state index in [2.05, 4.69) is 41.0 Å². The fraction of sp³-hybridized carbons (Fsp3) is 0.172. The summed E-state index contributed by atoms with van der Waals surface area (Å²) in [5, 5.41) is 23.9. The van der Waals surface area contributed by atoms with Crippen molar-refractivity contribution >= 4 is 23.2 Å². The van der Waals surface area contributed by atoms with Crippen LogP contribution in [0.3, 0.4) is 0 Å². The molecule has 11 heteroatoms. The molecular weight excluding hydrogens is 508 g/mol. The fourth-order valence-electron chi connectivity index (χ4n) is 4.60. The van der Waals surface area contributed by atoms with Gasteiger partial charge in [0.05, 0.1) is 40.7 Å². The predicted octanol–water partition coefficient (Wildman–Crippen LogP) is 4.46. The maximum Gasteiger partial charge on any atom is 0.261 e. The largest absolute Gasteiger partial charge is 0.394 e. The van der Waals surface area contributed by atoms with Crippen LogP contribution in [0.4, 0.5) is 17.3 Å². The Balaban J connectivity index is 1.36. The van der Waals surface area contributed by atoms with Crippen molar-refractivity contribution in [1.82, 2.24) is 30.4 Å². The van der Waals surface area contributed by atoms with E-state index in [1.807, 2.05) is 50.2 Å². The summed E-state index contributed by atoms with van der Waals surface area (Å²) >= 11 is 0. The molecule has 1 aliphatic heterocycles. The molecule has 1 aliphatic rings. The highest BCUT2D eigenvalue weighted by atomic mass is 16.5. The quantitative estimate of drug-likeness (QED) is 0.225. The molecule has 0 unspecified atom stereocenters. The summed E-state index contributed by atoms with van der Waals surface area (Å²) in [4.78, 5) is 30.2. The molecule has 0 saturated carbocycles. The van der Waals surface area contributed by atoms with Gasteiger partial charge in [-0.25, -0.2) is 9.97 Å². The minimum atomic E-state index is -0.581. The summed E-state index contributed by atoms with van der Waals surface area (Å²) in [6.45, 7) is 3.67. The van der Waals surface area contributed by atoms with Crippen LogP contribution in [0.25, 0.3) is 22.8 Å². The van der Waals surface area contributed by atoms with E-state index in [9.17, 15) is 9.90 Å². The number of anilines is 3. The highest BCUT2D eigenvalue weighted by Crippen LogP contribution is 2.34. The maximum atomic E-state index is 12.3. The maximum absolute atomic E-state index is 12.3. The summed E-state index contributed by atoms with van der Waals surface area (Å²) in [7, 11) is 0. The van der Waals surface area contributed by atoms with Crippen LogP contribution in [0.15, 0.2) is 83.8 Å². The number of fused-ring (bicyclic) bond motifs is 1. The number of carbonyl (C=O) groups excluding carboxylic acids is 1. The number of pyridine rings is 3. The third-order valence-corrected chi connectivity index (χ3v) is 6.61. The van der Waals surface area contributed by atoms with Crippen molar-refractivity contribution in [2.75, 3.05) is 17.2 Å². The summed E-state index contributed by atoms with van der Waals surface area (Å²) in [5.41, 5.74) is 3.42. The number of rotatable bonds is 8. The van der Waals surface area contributed by atoms with Crippen LogP contribution in [0.2, 0.25) is 0 Å². The first-order valence-corrected chi connectivity index (χ1v) is 12.7. The summed E-state index contributed by atoms with van der Waals surface area (Å²) in [6, 6.07) is 18.1. The molecule has 0 saturated heterocycles. The molecule has 4 aromatic heterocycles. The van der Waals surface area contributed by atoms with E-state index in [4.69, 9.17) is 4.52 Å². The first-order chi connectivity index (χ1) is 19.4. The van der Waals surface area contributed by atoms with Crippen molar-refractivity contribution in [2.45, 2.75) is 25.4 Å². The third-order valence-electron chi connectivity index (χ3n) is 6.61. The molecule has 5 aromatic rings. The van der Waals surface area contributed by atoms with Crippen LogP contribution >= 0.6 is 0 Å². The van der Waals surface area contributed by atoms with Crippen LogP contribution in [-0.2, 0) is 5.54 Å². The minimum Gasteiger partial charge on any atom is -0.394 e. The highest BCUT2D eigenvalue weighted by Gasteiger charge is 2.36. The molecule has 0 bridgehead atoms. The zero-order chi connectivity index (χ0) is 27.7. The van der Waals surface area contributed by atoms with Crippen LogP contribution in [0.1, 0.15) is 41.5 Å². The third kappa shape index (κ3) is 4.85. The Bertz CT molecular complexity index is 1670. The molecule has 200 valence electrons. The van der Waals surface area contributed by atoms with Gasteiger partial charge in [-0.05, 0) is 43.7 Å². The molecule has 1 aromatic carbocycles. The van der Waals surface area contributed by atoms with Crippen LogP contribution < -0.4 is 16.0 Å². The number of benzene rings is 1. The van der Waals surface area contributed by atoms with Crippen LogP contribution in [0, 0.1) is 0 Å². The number of amides is 1. The van der Waals surface area contributed by atoms with E-state index in [1.54, 1.807) is 42.9 Å². The molecule has 1 amide bonds. The first kappa shape index (κ1) is 25.1. The normalized spacial score (nSPS) is 14.3. The molecule has 5 heterocycles. The van der Waals surface area contributed by atoms with Crippen molar-refractivity contribution in [2.24, 2.45) is 0 Å². The lowest BCUT2D eigenvalue weighted by atomic mass is 10.0. The van der Waals surface area contributed by atoms with E-state index < -0.39 is 11.6 Å². The van der Waals surface area contributed by atoms with Gasteiger partial charge < -0.3 is 25.6 Å². The van der Waals surface area contributed by atoms with E-state index in [0.29, 0.717) is 45.5 Å². The van der Waals surface area contributed by atoms with Gasteiger partial charge in [-0.3, -0.25) is 9.78 Å². The van der Waals surface area contributed by atoms with Gasteiger partial charge in [0, 0.05) is 30.2 Å². The number of aliphatic hydroxyl groups excluding tert-OH is 1. The second-order valence-electron chi connectivity index (χ2n) is 9.87. The number of aromatic nitrogens is 5. The van der Waals surface area contributed by atoms with Gasteiger partial charge in [0.1, 0.15) is 11.6 Å². The molecule has 6 rings (SSSR count). The Morgan fingerprint density at radius 1 is 1.00 bits per heavy atom. The average Bonchev–Trinajstić information content (AvgIpc) is 3.55. The Hall–Kier alpha value is -5.16. The van der Waals surface area contributed by atoms with E-state index in [0.717, 1.165) is 5.56 Å². The monoisotopic (exact) mass is 534 g/mol. The number of nitrogens with zero attached hydrogens (tertiary/aromatic N) is 5. The molecule has 0 aliphatic carbocycles. The highest BCUT2D eigenvalue weighted by molar-refractivity contribution is 5.99. The molecule has 40 heavy (non-hydrogen) atoms. The van der Waals surface area contributed by atoms with Gasteiger partial charge in [0.2, 0.25) is 5.82 Å². The van der Waals surface area contributed by atoms with Crippen LogP contribution in [-0.4, -0.2) is 42.7 Å². The summed E-state index contributed by atoms with van der Waals surface area (Å²) in [5.74, 6) is 1.53. The minimum absolute atomic E-state index is 0.144. The predicted molar refractivity (Wildman–Crippen MR) is 149 cm³/mol. The van der Waals surface area contributed by atoms with Gasteiger partial charge >= 0.3 is 0 Å². The van der Waals surface area contributed by atoms with Gasteiger partial charge in [0.15, 0.2) is 0 Å². The molecule has 0 spiro atoms. The van der Waals surface area contributed by atoms with Gasteiger partial charge in [-0.15, -0.1) is 0 Å². The van der Waals surface area contributed by atoms with Crippen LogP contribution in [0.5, 0.6) is 0 Å². The Morgan fingerprint density at radius 3 is 2.62 bits per heavy atom. The van der Waals surface area contributed by atoms with Crippen molar-refractivity contribution in [3.05, 3.63) is 96.1 Å². The van der Waals surface area contributed by atoms with Crippen molar-refractivity contribution in [3.8, 4) is 22.8 Å². The molecule has 0 radical (unpaired) electrons. The van der Waals surface area contributed by atoms with Crippen molar-refractivity contribution in [1.29, 1.82) is 0 Å². The topological polar surface area (TPSA) is 151 Å². The molecule has 11 nitrogen and oxygen atoms in total. The SMILES string of the molecule is CC1(C)NC(=O)c2ccc(Nc3cc(N[C@H](CO)c4ccccc4)c(-c4nc(-c5cccnc5)no4)cn3)nc21. The lowest BCUT2D eigenvalue weighted by Crippen LogP contribution is -2.33. The first-order valence-electron chi connectivity index (χ1n) is 12.7.